The molecule has 1 aromatic carbocycles. The van der Waals surface area contributed by atoms with Crippen LogP contribution < -0.4 is 5.56 Å². The number of rotatable bonds is 5. The van der Waals surface area contributed by atoms with Crippen LogP contribution in [0.5, 0.6) is 0 Å². The zero-order chi connectivity index (χ0) is 18.0. The second-order valence-electron chi connectivity index (χ2n) is 6.37. The fraction of sp³-hybridized carbons (Fsp3) is 0.316. The van der Waals surface area contributed by atoms with Gasteiger partial charge in [0.05, 0.1) is 5.69 Å². The molecule has 25 heavy (non-hydrogen) atoms. The van der Waals surface area contributed by atoms with Gasteiger partial charge in [0, 0.05) is 49.9 Å². The van der Waals surface area contributed by atoms with Gasteiger partial charge >= 0.3 is 0 Å². The molecule has 2 aromatic heterocycles. The molecule has 0 saturated carbocycles. The molecule has 0 radical (unpaired) electrons. The maximum absolute atomic E-state index is 12.4. The average Bonchev–Trinajstić information content (AvgIpc) is 2.89. The van der Waals surface area contributed by atoms with Crippen molar-refractivity contribution in [2.24, 2.45) is 7.05 Å². The minimum atomic E-state index is -0.128. The molecule has 0 spiro atoms. The van der Waals surface area contributed by atoms with E-state index < -0.39 is 0 Å². The topological polar surface area (TPSA) is 71.0 Å². The Morgan fingerprint density at radius 2 is 2.04 bits per heavy atom. The summed E-state index contributed by atoms with van der Waals surface area (Å²) in [5.41, 5.74) is 3.28. The highest BCUT2D eigenvalue weighted by atomic mass is 16.2. The zero-order valence-corrected chi connectivity index (χ0v) is 14.7. The molecule has 130 valence electrons. The van der Waals surface area contributed by atoms with E-state index >= 15 is 0 Å². The molecule has 0 aliphatic rings. The number of pyridine rings is 1. The Labute approximate surface area is 146 Å². The van der Waals surface area contributed by atoms with Crippen LogP contribution in [-0.4, -0.2) is 32.6 Å². The summed E-state index contributed by atoms with van der Waals surface area (Å²) >= 11 is 0. The van der Waals surface area contributed by atoms with E-state index in [1.807, 2.05) is 50.5 Å². The lowest BCUT2D eigenvalue weighted by atomic mass is 10.1. The molecule has 0 saturated heterocycles. The molecule has 0 atom stereocenters. The maximum atomic E-state index is 12.4. The molecule has 0 fully saturated rings. The normalized spacial score (nSPS) is 11.0. The summed E-state index contributed by atoms with van der Waals surface area (Å²) in [6.07, 6.45) is 2.65. The van der Waals surface area contributed by atoms with Gasteiger partial charge in [-0.3, -0.25) is 14.3 Å². The standard InChI is InChI=1S/C19H22N4O2/c1-13-16(12-23(3)21-13)11-22(2)18(24)9-8-15-10-14-6-4-5-7-17(14)20-19(15)25/h4-7,10,12H,8-9,11H2,1-3H3,(H,20,25). The first kappa shape index (κ1) is 17.0. The lowest BCUT2D eigenvalue weighted by molar-refractivity contribution is -0.130. The Bertz CT molecular complexity index is 971. The number of fused-ring (bicyclic) bond motifs is 1. The number of nitrogens with one attached hydrogen (secondary N) is 1. The number of hydrogen-bond acceptors (Lipinski definition) is 3. The van der Waals surface area contributed by atoms with Crippen LogP contribution in [0.25, 0.3) is 10.9 Å². The van der Waals surface area contributed by atoms with Crippen LogP contribution in [0.2, 0.25) is 0 Å². The first-order valence-electron chi connectivity index (χ1n) is 8.28. The van der Waals surface area contributed by atoms with Crippen molar-refractivity contribution in [3.05, 3.63) is 63.7 Å². The fourth-order valence-corrected chi connectivity index (χ4v) is 2.96. The summed E-state index contributed by atoms with van der Waals surface area (Å²) in [6.45, 7) is 2.45. The van der Waals surface area contributed by atoms with Crippen LogP contribution >= 0.6 is 0 Å². The van der Waals surface area contributed by atoms with E-state index in [2.05, 4.69) is 10.1 Å². The molecule has 6 nitrogen and oxygen atoms in total. The van der Waals surface area contributed by atoms with Crippen LogP contribution in [0.1, 0.15) is 23.2 Å². The zero-order valence-electron chi connectivity index (χ0n) is 14.7. The first-order chi connectivity index (χ1) is 11.9. The lowest BCUT2D eigenvalue weighted by Gasteiger charge is -2.16. The van der Waals surface area contributed by atoms with Crippen molar-refractivity contribution < 1.29 is 4.79 Å². The summed E-state index contributed by atoms with van der Waals surface area (Å²) in [5.74, 6) is 0.0100. The number of H-pyrrole nitrogens is 1. The first-order valence-corrected chi connectivity index (χ1v) is 8.28. The van der Waals surface area contributed by atoms with Crippen LogP contribution in [0.15, 0.2) is 41.3 Å². The minimum absolute atomic E-state index is 0.0100. The third-order valence-electron chi connectivity index (χ3n) is 4.39. The summed E-state index contributed by atoms with van der Waals surface area (Å²) in [5, 5.41) is 5.27. The Balaban J connectivity index is 1.66. The van der Waals surface area contributed by atoms with Crippen molar-refractivity contribution >= 4 is 16.8 Å². The summed E-state index contributed by atoms with van der Waals surface area (Å²) in [7, 11) is 3.64. The van der Waals surface area contributed by atoms with E-state index in [0.717, 1.165) is 22.2 Å². The van der Waals surface area contributed by atoms with Crippen molar-refractivity contribution in [1.29, 1.82) is 0 Å². The highest BCUT2D eigenvalue weighted by molar-refractivity contribution is 5.79. The molecule has 0 aliphatic heterocycles. The summed E-state index contributed by atoms with van der Waals surface area (Å²) in [4.78, 5) is 29.1. The van der Waals surface area contributed by atoms with Crippen molar-refractivity contribution in [3.63, 3.8) is 0 Å². The van der Waals surface area contributed by atoms with Gasteiger partial charge in [-0.2, -0.15) is 5.10 Å². The molecule has 1 N–H and O–H groups in total. The molecular weight excluding hydrogens is 316 g/mol. The van der Waals surface area contributed by atoms with Crippen LogP contribution in [0.4, 0.5) is 0 Å². The van der Waals surface area contributed by atoms with E-state index in [1.165, 1.54) is 0 Å². The van der Waals surface area contributed by atoms with Gasteiger partial charge in [-0.25, -0.2) is 0 Å². The maximum Gasteiger partial charge on any atom is 0.251 e. The van der Waals surface area contributed by atoms with E-state index in [4.69, 9.17) is 0 Å². The average molecular weight is 338 g/mol. The predicted octanol–water partition coefficient (Wildman–Crippen LogP) is 2.16. The number of aromatic amines is 1. The number of aromatic nitrogens is 3. The van der Waals surface area contributed by atoms with Crippen molar-refractivity contribution in [2.75, 3.05) is 7.05 Å². The van der Waals surface area contributed by atoms with E-state index in [-0.39, 0.29) is 11.5 Å². The number of carbonyl (C=O) groups is 1. The Morgan fingerprint density at radius 3 is 2.76 bits per heavy atom. The number of nitrogens with zero attached hydrogens (tertiary/aromatic N) is 3. The number of hydrogen-bond donors (Lipinski definition) is 1. The van der Waals surface area contributed by atoms with Crippen LogP contribution in [-0.2, 0) is 24.8 Å². The SMILES string of the molecule is Cc1nn(C)cc1CN(C)C(=O)CCc1cc2ccccc2[nH]c1=O. The highest BCUT2D eigenvalue weighted by Gasteiger charge is 2.13. The molecule has 2 heterocycles. The molecule has 3 aromatic rings. The highest BCUT2D eigenvalue weighted by Crippen LogP contribution is 2.12. The van der Waals surface area contributed by atoms with Crippen molar-refractivity contribution in [1.82, 2.24) is 19.7 Å². The molecule has 0 bridgehead atoms. The third kappa shape index (κ3) is 3.79. The predicted molar refractivity (Wildman–Crippen MR) is 97.3 cm³/mol. The lowest BCUT2D eigenvalue weighted by Crippen LogP contribution is -2.27. The molecule has 6 heteroatoms. The van der Waals surface area contributed by atoms with Crippen molar-refractivity contribution in [2.45, 2.75) is 26.3 Å². The number of amides is 1. The number of para-hydroxylation sites is 1. The van der Waals surface area contributed by atoms with Gasteiger partial charge in [-0.1, -0.05) is 18.2 Å². The molecular formula is C19H22N4O2. The van der Waals surface area contributed by atoms with E-state index in [0.29, 0.717) is 24.9 Å². The largest absolute Gasteiger partial charge is 0.341 e. The second-order valence-corrected chi connectivity index (χ2v) is 6.37. The van der Waals surface area contributed by atoms with Crippen LogP contribution in [0.3, 0.4) is 0 Å². The van der Waals surface area contributed by atoms with Gasteiger partial charge < -0.3 is 9.88 Å². The van der Waals surface area contributed by atoms with Gasteiger partial charge in [0.2, 0.25) is 5.91 Å². The quantitative estimate of drug-likeness (QED) is 0.775. The second kappa shape index (κ2) is 6.93. The van der Waals surface area contributed by atoms with E-state index in [9.17, 15) is 9.59 Å². The van der Waals surface area contributed by atoms with Gasteiger partial charge in [-0.15, -0.1) is 0 Å². The third-order valence-corrected chi connectivity index (χ3v) is 4.39. The molecule has 0 unspecified atom stereocenters. The molecule has 1 amide bonds. The monoisotopic (exact) mass is 338 g/mol. The summed E-state index contributed by atoms with van der Waals surface area (Å²) < 4.78 is 1.75. The molecule has 0 aliphatic carbocycles. The fourth-order valence-electron chi connectivity index (χ4n) is 2.96. The summed E-state index contributed by atoms with van der Waals surface area (Å²) in [6, 6.07) is 9.51. The Hall–Kier alpha value is -2.89. The minimum Gasteiger partial charge on any atom is -0.341 e. The van der Waals surface area contributed by atoms with Gasteiger partial charge in [0.1, 0.15) is 0 Å². The number of benzene rings is 1. The van der Waals surface area contributed by atoms with E-state index in [1.54, 1.807) is 16.6 Å². The Kier molecular flexibility index (Phi) is 4.70. The van der Waals surface area contributed by atoms with Crippen molar-refractivity contribution in [3.8, 4) is 0 Å². The molecule has 3 rings (SSSR count). The Morgan fingerprint density at radius 1 is 1.28 bits per heavy atom. The van der Waals surface area contributed by atoms with Gasteiger partial charge in [0.15, 0.2) is 0 Å². The number of aryl methyl sites for hydroxylation is 3. The van der Waals surface area contributed by atoms with Gasteiger partial charge in [0.25, 0.3) is 5.56 Å². The number of carbonyl (C=O) groups excluding carboxylic acids is 1. The smallest absolute Gasteiger partial charge is 0.251 e. The van der Waals surface area contributed by atoms with Crippen LogP contribution in [0, 0.1) is 6.92 Å². The van der Waals surface area contributed by atoms with Gasteiger partial charge in [-0.05, 0) is 30.9 Å².